The highest BCUT2D eigenvalue weighted by molar-refractivity contribution is 7.89. The summed E-state index contributed by atoms with van der Waals surface area (Å²) in [5, 5.41) is 3.40. The zero-order valence-corrected chi connectivity index (χ0v) is 19.4. The van der Waals surface area contributed by atoms with Crippen molar-refractivity contribution in [2.45, 2.75) is 11.8 Å². The van der Waals surface area contributed by atoms with Gasteiger partial charge in [0, 0.05) is 43.8 Å². The number of likely N-dealkylation sites (N-methyl/N-ethyl adjacent to an activating group) is 1. The van der Waals surface area contributed by atoms with Crippen LogP contribution in [-0.2, 0) is 14.9 Å². The summed E-state index contributed by atoms with van der Waals surface area (Å²) in [6, 6.07) is 11.2. The van der Waals surface area contributed by atoms with Crippen LogP contribution in [0.3, 0.4) is 0 Å². The summed E-state index contributed by atoms with van der Waals surface area (Å²) < 4.78 is 25.7. The Labute approximate surface area is 188 Å². The number of benzene rings is 2. The van der Waals surface area contributed by atoms with E-state index in [1.807, 2.05) is 6.07 Å². The first-order chi connectivity index (χ1) is 14.8. The van der Waals surface area contributed by atoms with Crippen LogP contribution in [0.4, 0.5) is 11.4 Å². The Morgan fingerprint density at radius 1 is 1.16 bits per heavy atom. The molecule has 1 amide bonds. The highest BCUT2D eigenvalue weighted by Gasteiger charge is 2.23. The molecule has 1 saturated heterocycles. The molecule has 0 aliphatic carbocycles. The van der Waals surface area contributed by atoms with E-state index in [0.717, 1.165) is 42.9 Å². The second-order valence-corrected chi connectivity index (χ2v) is 9.53. The Bertz CT molecular complexity index is 1040. The third-order valence-corrected chi connectivity index (χ3v) is 7.27. The zero-order valence-electron chi connectivity index (χ0n) is 17.8. The number of nitrogens with zero attached hydrogens (tertiary/aromatic N) is 3. The summed E-state index contributed by atoms with van der Waals surface area (Å²) in [5.41, 5.74) is 1.69. The zero-order chi connectivity index (χ0) is 22.6. The Balaban J connectivity index is 1.84. The Morgan fingerprint density at radius 2 is 1.87 bits per heavy atom. The van der Waals surface area contributed by atoms with Crippen molar-refractivity contribution in [1.29, 1.82) is 0 Å². The molecule has 0 aromatic heterocycles. The highest BCUT2D eigenvalue weighted by atomic mass is 35.5. The SMILES string of the molecule is CCN1CCN(c2ccc(Cl)cc2NC(=O)c2cccc(S(=O)(=O)N(C)OC)c2)CC1. The largest absolute Gasteiger partial charge is 0.367 e. The van der Waals surface area contributed by atoms with Crippen molar-refractivity contribution < 1.29 is 18.0 Å². The molecule has 1 heterocycles. The van der Waals surface area contributed by atoms with Crippen LogP contribution in [0.5, 0.6) is 0 Å². The van der Waals surface area contributed by atoms with Crippen LogP contribution in [0.2, 0.25) is 5.02 Å². The molecule has 2 aromatic carbocycles. The second-order valence-electron chi connectivity index (χ2n) is 7.16. The van der Waals surface area contributed by atoms with Crippen LogP contribution in [0.25, 0.3) is 0 Å². The van der Waals surface area contributed by atoms with Gasteiger partial charge in [-0.05, 0) is 42.9 Å². The normalized spacial score (nSPS) is 15.3. The van der Waals surface area contributed by atoms with Gasteiger partial charge < -0.3 is 15.1 Å². The first-order valence-electron chi connectivity index (χ1n) is 9.97. The lowest BCUT2D eigenvalue weighted by molar-refractivity contribution is -0.0258. The topological polar surface area (TPSA) is 82.2 Å². The Kier molecular flexibility index (Phi) is 7.55. The minimum atomic E-state index is -3.86. The molecular formula is C21H27ClN4O4S. The number of amides is 1. The van der Waals surface area contributed by atoms with E-state index >= 15 is 0 Å². The van der Waals surface area contributed by atoms with Crippen LogP contribution in [0, 0.1) is 0 Å². The molecule has 0 spiro atoms. The van der Waals surface area contributed by atoms with Gasteiger partial charge in [0.15, 0.2) is 0 Å². The standard InChI is InChI=1S/C21H27ClN4O4S/c1-4-25-10-12-26(13-11-25)20-9-8-17(22)15-19(20)23-21(27)16-6-5-7-18(14-16)31(28,29)24(2)30-3/h5-9,14-15H,4,10-13H2,1-3H3,(H,23,27). The lowest BCUT2D eigenvalue weighted by Crippen LogP contribution is -2.46. The fraction of sp³-hybridized carbons (Fsp3) is 0.381. The van der Waals surface area contributed by atoms with E-state index in [0.29, 0.717) is 10.7 Å². The number of piperazine rings is 1. The maximum absolute atomic E-state index is 13.0. The summed E-state index contributed by atoms with van der Waals surface area (Å²) >= 11 is 6.19. The summed E-state index contributed by atoms with van der Waals surface area (Å²) in [7, 11) is -1.31. The number of carbonyl (C=O) groups is 1. The smallest absolute Gasteiger partial charge is 0.264 e. The van der Waals surface area contributed by atoms with Crippen LogP contribution >= 0.6 is 11.6 Å². The van der Waals surface area contributed by atoms with Crippen LogP contribution < -0.4 is 10.2 Å². The molecule has 0 unspecified atom stereocenters. The maximum atomic E-state index is 13.0. The molecule has 0 bridgehead atoms. The average Bonchev–Trinajstić information content (AvgIpc) is 2.78. The number of anilines is 2. The predicted molar refractivity (Wildman–Crippen MR) is 122 cm³/mol. The van der Waals surface area contributed by atoms with Gasteiger partial charge in [-0.1, -0.05) is 29.1 Å². The van der Waals surface area contributed by atoms with Crippen molar-refractivity contribution in [2.75, 3.05) is 57.1 Å². The van der Waals surface area contributed by atoms with Crippen molar-refractivity contribution in [3.63, 3.8) is 0 Å². The maximum Gasteiger partial charge on any atom is 0.264 e. The van der Waals surface area contributed by atoms with Crippen LogP contribution in [0.15, 0.2) is 47.4 Å². The Hall–Kier alpha value is -2.17. The fourth-order valence-corrected chi connectivity index (χ4v) is 4.62. The third-order valence-electron chi connectivity index (χ3n) is 5.36. The number of halogens is 1. The quantitative estimate of drug-likeness (QED) is 0.632. The average molecular weight is 467 g/mol. The molecule has 0 saturated carbocycles. The third kappa shape index (κ3) is 5.36. The molecule has 8 nitrogen and oxygen atoms in total. The molecule has 1 N–H and O–H groups in total. The van der Waals surface area contributed by atoms with E-state index < -0.39 is 15.9 Å². The summed E-state index contributed by atoms with van der Waals surface area (Å²) in [6.07, 6.45) is 0. The van der Waals surface area contributed by atoms with E-state index in [1.165, 1.54) is 32.4 Å². The highest BCUT2D eigenvalue weighted by Crippen LogP contribution is 2.30. The van der Waals surface area contributed by atoms with Gasteiger partial charge in [-0.2, -0.15) is 0 Å². The number of sulfonamides is 1. The van der Waals surface area contributed by atoms with E-state index in [-0.39, 0.29) is 10.5 Å². The van der Waals surface area contributed by atoms with Crippen LogP contribution in [-0.4, -0.2) is 70.6 Å². The Morgan fingerprint density at radius 3 is 2.52 bits per heavy atom. The number of carbonyl (C=O) groups excluding carboxylic acids is 1. The van der Waals surface area contributed by atoms with Gasteiger partial charge in [0.25, 0.3) is 15.9 Å². The molecule has 2 aromatic rings. The molecule has 1 aliphatic heterocycles. The summed E-state index contributed by atoms with van der Waals surface area (Å²) in [6.45, 7) is 6.72. The molecule has 0 radical (unpaired) electrons. The van der Waals surface area contributed by atoms with Gasteiger partial charge in [0.1, 0.15) is 0 Å². The van der Waals surface area contributed by atoms with Crippen molar-refractivity contribution in [3.05, 3.63) is 53.1 Å². The monoisotopic (exact) mass is 466 g/mol. The van der Waals surface area contributed by atoms with Crippen molar-refractivity contribution in [2.24, 2.45) is 0 Å². The number of hydroxylamine groups is 1. The lowest BCUT2D eigenvalue weighted by atomic mass is 10.1. The first-order valence-corrected chi connectivity index (χ1v) is 11.8. The van der Waals surface area contributed by atoms with Gasteiger partial charge in [-0.25, -0.2) is 8.42 Å². The molecule has 10 heteroatoms. The molecular weight excluding hydrogens is 440 g/mol. The van der Waals surface area contributed by atoms with E-state index in [9.17, 15) is 13.2 Å². The van der Waals surface area contributed by atoms with E-state index in [4.69, 9.17) is 16.4 Å². The molecule has 1 aliphatic rings. The van der Waals surface area contributed by atoms with Gasteiger partial charge in [0.05, 0.1) is 23.4 Å². The van der Waals surface area contributed by atoms with Crippen LogP contribution in [0.1, 0.15) is 17.3 Å². The number of hydrogen-bond acceptors (Lipinski definition) is 6. The van der Waals surface area contributed by atoms with Gasteiger partial charge >= 0.3 is 0 Å². The number of rotatable bonds is 7. The summed E-state index contributed by atoms with van der Waals surface area (Å²) in [5.74, 6) is -0.423. The molecule has 31 heavy (non-hydrogen) atoms. The van der Waals surface area contributed by atoms with Crippen molar-refractivity contribution >= 4 is 38.9 Å². The van der Waals surface area contributed by atoms with Crippen molar-refractivity contribution in [3.8, 4) is 0 Å². The van der Waals surface area contributed by atoms with Crippen molar-refractivity contribution in [1.82, 2.24) is 9.37 Å². The minimum Gasteiger partial charge on any atom is -0.367 e. The van der Waals surface area contributed by atoms with Gasteiger partial charge in [0.2, 0.25) is 0 Å². The molecule has 1 fully saturated rings. The lowest BCUT2D eigenvalue weighted by Gasteiger charge is -2.36. The van der Waals surface area contributed by atoms with Gasteiger partial charge in [-0.15, -0.1) is 0 Å². The molecule has 168 valence electrons. The number of nitrogens with one attached hydrogen (secondary N) is 1. The van der Waals surface area contributed by atoms with E-state index in [2.05, 4.69) is 22.0 Å². The number of hydrogen-bond donors (Lipinski definition) is 1. The molecule has 0 atom stereocenters. The predicted octanol–water partition coefficient (Wildman–Crippen LogP) is 2.92. The second kappa shape index (κ2) is 9.97. The first kappa shape index (κ1) is 23.5. The van der Waals surface area contributed by atoms with Gasteiger partial charge in [-0.3, -0.25) is 9.63 Å². The van der Waals surface area contributed by atoms with E-state index in [1.54, 1.807) is 18.2 Å². The minimum absolute atomic E-state index is 0.0356. The molecule has 3 rings (SSSR count). The summed E-state index contributed by atoms with van der Waals surface area (Å²) in [4.78, 5) is 22.3. The fourth-order valence-electron chi connectivity index (χ4n) is 3.43.